The van der Waals surface area contributed by atoms with E-state index in [2.05, 4.69) is 74.0 Å². The number of halogens is 1. The first kappa shape index (κ1) is 16.2. The van der Waals surface area contributed by atoms with Gasteiger partial charge in [-0.05, 0) is 40.9 Å². The van der Waals surface area contributed by atoms with E-state index >= 15 is 0 Å². The quantitative estimate of drug-likeness (QED) is 0.894. The lowest BCUT2D eigenvalue weighted by Crippen LogP contribution is -2.51. The molecule has 1 N–H and O–H groups in total. The lowest BCUT2D eigenvalue weighted by atomic mass is 10.1. The monoisotopic (exact) mass is 376 g/mol. The van der Waals surface area contributed by atoms with Gasteiger partial charge in [-0.3, -0.25) is 9.69 Å². The van der Waals surface area contributed by atoms with Crippen LogP contribution >= 0.6 is 15.9 Å². The van der Waals surface area contributed by atoms with Gasteiger partial charge in [0.2, 0.25) is 0 Å². The van der Waals surface area contributed by atoms with Crippen LogP contribution in [-0.4, -0.2) is 40.8 Å². The molecule has 2 aromatic rings. The number of hydrogen-bond acceptors (Lipinski definition) is 4. The Bertz CT molecular complexity index is 745. The van der Waals surface area contributed by atoms with Crippen LogP contribution in [0.3, 0.4) is 0 Å². The first-order valence-corrected chi connectivity index (χ1v) is 8.62. The second-order valence-corrected chi connectivity index (χ2v) is 6.88. The summed E-state index contributed by atoms with van der Waals surface area (Å²) in [4.78, 5) is 16.4. The Morgan fingerprint density at radius 1 is 1.35 bits per heavy atom. The number of aromatic amines is 1. The molecule has 2 heterocycles. The average molecular weight is 377 g/mol. The van der Waals surface area contributed by atoms with Crippen molar-refractivity contribution in [2.24, 2.45) is 0 Å². The summed E-state index contributed by atoms with van der Waals surface area (Å²) in [6, 6.07) is 8.95. The lowest BCUT2D eigenvalue weighted by Gasteiger charge is -2.41. The maximum Gasteiger partial charge on any atom is 0.280 e. The normalized spacial score (nSPS) is 19.1. The van der Waals surface area contributed by atoms with Gasteiger partial charge in [-0.1, -0.05) is 24.3 Å². The molecule has 5 nitrogen and oxygen atoms in total. The summed E-state index contributed by atoms with van der Waals surface area (Å²) in [6.45, 7) is 8.11. The molecule has 1 aromatic carbocycles. The first-order chi connectivity index (χ1) is 11.1. The molecule has 1 fully saturated rings. The smallest absolute Gasteiger partial charge is 0.280 e. The zero-order valence-electron chi connectivity index (χ0n) is 13.4. The van der Waals surface area contributed by atoms with Gasteiger partial charge in [-0.15, -0.1) is 0 Å². The summed E-state index contributed by atoms with van der Waals surface area (Å²) in [6.07, 6.45) is 1.72. The summed E-state index contributed by atoms with van der Waals surface area (Å²) >= 11 is 3.38. The van der Waals surface area contributed by atoms with Crippen molar-refractivity contribution >= 4 is 21.6 Å². The molecule has 0 unspecified atom stereocenters. The average Bonchev–Trinajstić information content (AvgIpc) is 2.54. The number of rotatable bonds is 3. The van der Waals surface area contributed by atoms with Crippen LogP contribution in [0.25, 0.3) is 0 Å². The number of anilines is 1. The van der Waals surface area contributed by atoms with Gasteiger partial charge >= 0.3 is 0 Å². The zero-order valence-corrected chi connectivity index (χ0v) is 15.0. The number of aromatic nitrogens is 2. The number of benzene rings is 1. The van der Waals surface area contributed by atoms with Crippen molar-refractivity contribution in [2.75, 3.05) is 24.5 Å². The predicted molar refractivity (Wildman–Crippen MR) is 95.8 cm³/mol. The molecule has 0 saturated carbocycles. The molecule has 1 aliphatic heterocycles. The van der Waals surface area contributed by atoms with E-state index in [-0.39, 0.29) is 5.56 Å². The van der Waals surface area contributed by atoms with E-state index in [1.165, 1.54) is 11.1 Å². The lowest BCUT2D eigenvalue weighted by molar-refractivity contribution is 0.180. The SMILES string of the molecule is Cc1ccccc1CN1CCN(c2cn[nH]c(=O)c2Br)C[C@H]1C. The molecule has 6 heteroatoms. The number of hydrogen-bond donors (Lipinski definition) is 1. The molecule has 122 valence electrons. The van der Waals surface area contributed by atoms with Gasteiger partial charge in [-0.2, -0.15) is 5.10 Å². The van der Waals surface area contributed by atoms with Crippen LogP contribution in [0.2, 0.25) is 0 Å². The fourth-order valence-corrected chi connectivity index (χ4v) is 3.49. The van der Waals surface area contributed by atoms with Crippen LogP contribution in [-0.2, 0) is 6.54 Å². The predicted octanol–water partition coefficient (Wildman–Crippen LogP) is 2.55. The number of nitrogens with one attached hydrogen (secondary N) is 1. The molecule has 0 aliphatic carbocycles. The highest BCUT2D eigenvalue weighted by Gasteiger charge is 2.25. The summed E-state index contributed by atoms with van der Waals surface area (Å²) in [5.41, 5.74) is 3.41. The van der Waals surface area contributed by atoms with Crippen molar-refractivity contribution in [1.82, 2.24) is 15.1 Å². The number of aryl methyl sites for hydroxylation is 1. The Morgan fingerprint density at radius 2 is 2.13 bits per heavy atom. The van der Waals surface area contributed by atoms with Gasteiger partial charge in [0.1, 0.15) is 4.47 Å². The second kappa shape index (κ2) is 6.84. The Hall–Kier alpha value is -1.66. The minimum atomic E-state index is -0.183. The molecule has 1 aromatic heterocycles. The third-order valence-corrected chi connectivity index (χ3v) is 5.28. The molecule has 0 bridgehead atoms. The zero-order chi connectivity index (χ0) is 16.4. The van der Waals surface area contributed by atoms with E-state index in [4.69, 9.17) is 0 Å². The highest BCUT2D eigenvalue weighted by Crippen LogP contribution is 2.25. The van der Waals surface area contributed by atoms with Gasteiger partial charge in [-0.25, -0.2) is 5.10 Å². The molecule has 0 amide bonds. The molecular weight excluding hydrogens is 356 g/mol. The molecule has 1 aliphatic rings. The van der Waals surface area contributed by atoms with Crippen LogP contribution in [0, 0.1) is 6.92 Å². The van der Waals surface area contributed by atoms with Gasteiger partial charge in [0, 0.05) is 32.2 Å². The van der Waals surface area contributed by atoms with Gasteiger partial charge < -0.3 is 4.90 Å². The highest BCUT2D eigenvalue weighted by atomic mass is 79.9. The van der Waals surface area contributed by atoms with Crippen LogP contribution < -0.4 is 10.5 Å². The number of nitrogens with zero attached hydrogens (tertiary/aromatic N) is 3. The molecule has 0 radical (unpaired) electrons. The largest absolute Gasteiger partial charge is 0.366 e. The van der Waals surface area contributed by atoms with Crippen LogP contribution in [0.1, 0.15) is 18.1 Å². The molecule has 1 atom stereocenters. The van der Waals surface area contributed by atoms with Gasteiger partial charge in [0.25, 0.3) is 5.56 Å². The van der Waals surface area contributed by atoms with Gasteiger partial charge in [0.05, 0.1) is 11.9 Å². The molecule has 0 spiro atoms. The van der Waals surface area contributed by atoms with Crippen molar-refractivity contribution in [3.8, 4) is 0 Å². The van der Waals surface area contributed by atoms with Crippen LogP contribution in [0.15, 0.2) is 39.7 Å². The van der Waals surface area contributed by atoms with Crippen molar-refractivity contribution in [3.05, 3.63) is 56.4 Å². The van der Waals surface area contributed by atoms with E-state index < -0.39 is 0 Å². The standard InChI is InChI=1S/C17H21BrN4O/c1-12-5-3-4-6-14(12)11-21-7-8-22(10-13(21)2)15-9-19-20-17(23)16(15)18/h3-6,9,13H,7-8,10-11H2,1-2H3,(H,20,23)/t13-/m1/s1. The van der Waals surface area contributed by atoms with Crippen LogP contribution in [0.5, 0.6) is 0 Å². The van der Waals surface area contributed by atoms with Crippen molar-refractivity contribution in [3.63, 3.8) is 0 Å². The van der Waals surface area contributed by atoms with E-state index in [0.29, 0.717) is 10.5 Å². The van der Waals surface area contributed by atoms with Crippen molar-refractivity contribution < 1.29 is 0 Å². The number of piperazine rings is 1. The van der Waals surface area contributed by atoms with Crippen LogP contribution in [0.4, 0.5) is 5.69 Å². The maximum atomic E-state index is 11.7. The second-order valence-electron chi connectivity index (χ2n) is 6.09. The van der Waals surface area contributed by atoms with E-state index in [9.17, 15) is 4.79 Å². The summed E-state index contributed by atoms with van der Waals surface area (Å²) in [5.74, 6) is 0. The fraction of sp³-hybridized carbons (Fsp3) is 0.412. The molecule has 3 rings (SSSR count). The van der Waals surface area contributed by atoms with E-state index in [1.54, 1.807) is 6.20 Å². The van der Waals surface area contributed by atoms with E-state index in [0.717, 1.165) is 31.9 Å². The summed E-state index contributed by atoms with van der Waals surface area (Å²) in [7, 11) is 0. The Labute approximate surface area is 144 Å². The highest BCUT2D eigenvalue weighted by molar-refractivity contribution is 9.10. The third kappa shape index (κ3) is 3.48. The number of H-pyrrole nitrogens is 1. The topological polar surface area (TPSA) is 52.2 Å². The van der Waals surface area contributed by atoms with Gasteiger partial charge in [0.15, 0.2) is 0 Å². The Morgan fingerprint density at radius 3 is 2.87 bits per heavy atom. The Kier molecular flexibility index (Phi) is 4.82. The minimum absolute atomic E-state index is 0.183. The molecule has 1 saturated heterocycles. The minimum Gasteiger partial charge on any atom is -0.366 e. The maximum absolute atomic E-state index is 11.7. The first-order valence-electron chi connectivity index (χ1n) is 7.83. The summed E-state index contributed by atoms with van der Waals surface area (Å²) in [5, 5.41) is 6.37. The van der Waals surface area contributed by atoms with Crippen molar-refractivity contribution in [2.45, 2.75) is 26.4 Å². The summed E-state index contributed by atoms with van der Waals surface area (Å²) < 4.78 is 0.562. The Balaban J connectivity index is 1.71. The third-order valence-electron chi connectivity index (χ3n) is 4.52. The molecule has 23 heavy (non-hydrogen) atoms. The van der Waals surface area contributed by atoms with Crippen molar-refractivity contribution in [1.29, 1.82) is 0 Å². The van der Waals surface area contributed by atoms with E-state index in [1.807, 2.05) is 0 Å². The fourth-order valence-electron chi connectivity index (χ4n) is 3.05. The molecular formula is C17H21BrN4O.